The Balaban J connectivity index is 2.67. The van der Waals surface area contributed by atoms with E-state index in [0.717, 1.165) is 18.3 Å². The van der Waals surface area contributed by atoms with Crippen LogP contribution >= 0.6 is 15.9 Å². The third kappa shape index (κ3) is 2.74. The van der Waals surface area contributed by atoms with Gasteiger partial charge in [0.15, 0.2) is 0 Å². The minimum Gasteiger partial charge on any atom is -0.338 e. The van der Waals surface area contributed by atoms with E-state index in [2.05, 4.69) is 41.6 Å². The van der Waals surface area contributed by atoms with Gasteiger partial charge in [-0.1, -0.05) is 43.6 Å². The van der Waals surface area contributed by atoms with Crippen molar-refractivity contribution < 1.29 is 4.79 Å². The molecule has 0 spiro atoms. The summed E-state index contributed by atoms with van der Waals surface area (Å²) in [6, 6.07) is 0.402. The zero-order valence-corrected chi connectivity index (χ0v) is 11.8. The summed E-state index contributed by atoms with van der Waals surface area (Å²) in [5, 5.41) is 0.907. The van der Waals surface area contributed by atoms with E-state index in [9.17, 15) is 4.79 Å². The second-order valence-electron chi connectivity index (χ2n) is 5.05. The molecule has 0 saturated carbocycles. The molecule has 0 aromatic carbocycles. The van der Waals surface area contributed by atoms with E-state index in [1.807, 2.05) is 6.92 Å². The van der Waals surface area contributed by atoms with Crippen LogP contribution < -0.4 is 0 Å². The van der Waals surface area contributed by atoms with Crippen LogP contribution in [0.4, 0.5) is 0 Å². The Bertz CT molecular complexity index is 230. The van der Waals surface area contributed by atoms with Crippen LogP contribution in [0, 0.1) is 17.8 Å². The van der Waals surface area contributed by atoms with E-state index < -0.39 is 0 Å². The first-order valence-electron chi connectivity index (χ1n) is 5.85. The maximum Gasteiger partial charge on any atom is 0.225 e. The SMILES string of the molecule is CC(C)C(C)C(=O)N1CCC(C)C1CBr. The molecule has 0 aliphatic carbocycles. The maximum absolute atomic E-state index is 12.2. The van der Waals surface area contributed by atoms with E-state index in [4.69, 9.17) is 0 Å². The standard InChI is InChI=1S/C12H22BrNO/c1-8(2)10(4)12(15)14-6-5-9(3)11(14)7-13/h8-11H,5-7H2,1-4H3. The maximum atomic E-state index is 12.2. The van der Waals surface area contributed by atoms with Crippen molar-refractivity contribution >= 4 is 21.8 Å². The van der Waals surface area contributed by atoms with Crippen LogP contribution in [0.1, 0.15) is 34.1 Å². The van der Waals surface area contributed by atoms with E-state index in [1.165, 1.54) is 0 Å². The Hall–Kier alpha value is -0.0500. The summed E-state index contributed by atoms with van der Waals surface area (Å²) < 4.78 is 0. The van der Waals surface area contributed by atoms with E-state index in [0.29, 0.717) is 23.8 Å². The third-order valence-corrected chi connectivity index (χ3v) is 4.38. The molecule has 2 nitrogen and oxygen atoms in total. The number of amides is 1. The monoisotopic (exact) mass is 275 g/mol. The molecule has 3 unspecified atom stereocenters. The number of carbonyl (C=O) groups is 1. The Morgan fingerprint density at radius 3 is 2.53 bits per heavy atom. The van der Waals surface area contributed by atoms with Crippen LogP contribution in [0.25, 0.3) is 0 Å². The van der Waals surface area contributed by atoms with Gasteiger partial charge < -0.3 is 4.90 Å². The molecular formula is C12H22BrNO. The van der Waals surface area contributed by atoms with E-state index >= 15 is 0 Å². The molecule has 15 heavy (non-hydrogen) atoms. The average Bonchev–Trinajstić information content (AvgIpc) is 2.57. The molecular weight excluding hydrogens is 254 g/mol. The molecule has 1 heterocycles. The minimum atomic E-state index is 0.150. The van der Waals surface area contributed by atoms with Crippen molar-refractivity contribution in [1.82, 2.24) is 4.90 Å². The lowest BCUT2D eigenvalue weighted by atomic mass is 9.96. The molecule has 3 heteroatoms. The highest BCUT2D eigenvalue weighted by Crippen LogP contribution is 2.28. The average molecular weight is 276 g/mol. The Morgan fingerprint density at radius 1 is 1.47 bits per heavy atom. The Morgan fingerprint density at radius 2 is 2.07 bits per heavy atom. The molecule has 1 aliphatic heterocycles. The van der Waals surface area contributed by atoms with Gasteiger partial charge >= 0.3 is 0 Å². The molecule has 0 radical (unpaired) electrons. The fourth-order valence-electron chi connectivity index (χ4n) is 2.06. The smallest absolute Gasteiger partial charge is 0.225 e. The van der Waals surface area contributed by atoms with Crippen molar-refractivity contribution in [3.05, 3.63) is 0 Å². The van der Waals surface area contributed by atoms with Crippen LogP contribution in [0.5, 0.6) is 0 Å². The van der Waals surface area contributed by atoms with Gasteiger partial charge in [-0.05, 0) is 18.3 Å². The first-order valence-corrected chi connectivity index (χ1v) is 6.97. The van der Waals surface area contributed by atoms with E-state index in [1.54, 1.807) is 0 Å². The van der Waals surface area contributed by atoms with Crippen LogP contribution in [-0.4, -0.2) is 28.7 Å². The lowest BCUT2D eigenvalue weighted by Gasteiger charge is -2.29. The molecule has 3 atom stereocenters. The summed E-state index contributed by atoms with van der Waals surface area (Å²) in [5.41, 5.74) is 0. The van der Waals surface area contributed by atoms with Crippen molar-refractivity contribution in [2.45, 2.75) is 40.2 Å². The topological polar surface area (TPSA) is 20.3 Å². The molecule has 1 saturated heterocycles. The van der Waals surface area contributed by atoms with Gasteiger partial charge in [0.05, 0.1) is 0 Å². The molecule has 1 aliphatic rings. The fourth-order valence-corrected chi connectivity index (χ4v) is 3.05. The predicted octanol–water partition coefficient (Wildman–Crippen LogP) is 2.91. The van der Waals surface area contributed by atoms with Gasteiger partial charge in [0.25, 0.3) is 0 Å². The molecule has 0 aromatic heterocycles. The van der Waals surface area contributed by atoms with E-state index in [-0.39, 0.29) is 5.92 Å². The van der Waals surface area contributed by atoms with Crippen molar-refractivity contribution in [3.63, 3.8) is 0 Å². The number of alkyl halides is 1. The van der Waals surface area contributed by atoms with Gasteiger partial charge in [-0.15, -0.1) is 0 Å². The fraction of sp³-hybridized carbons (Fsp3) is 0.917. The normalized spacial score (nSPS) is 28.5. The van der Waals surface area contributed by atoms with Crippen molar-refractivity contribution in [1.29, 1.82) is 0 Å². The minimum absolute atomic E-state index is 0.150. The molecule has 1 amide bonds. The first-order chi connectivity index (χ1) is 6.99. The highest BCUT2D eigenvalue weighted by atomic mass is 79.9. The van der Waals surface area contributed by atoms with Crippen molar-refractivity contribution in [2.75, 3.05) is 11.9 Å². The first kappa shape index (κ1) is 13.0. The van der Waals surface area contributed by atoms with Crippen LogP contribution in [-0.2, 0) is 4.79 Å². The number of nitrogens with zero attached hydrogens (tertiary/aromatic N) is 1. The van der Waals surface area contributed by atoms with Crippen molar-refractivity contribution in [3.8, 4) is 0 Å². The summed E-state index contributed by atoms with van der Waals surface area (Å²) in [4.78, 5) is 14.3. The van der Waals surface area contributed by atoms with Crippen LogP contribution in [0.2, 0.25) is 0 Å². The largest absolute Gasteiger partial charge is 0.338 e. The Labute approximate surface area is 102 Å². The molecule has 88 valence electrons. The van der Waals surface area contributed by atoms with Gasteiger partial charge in [-0.25, -0.2) is 0 Å². The molecule has 1 fully saturated rings. The van der Waals surface area contributed by atoms with Gasteiger partial charge in [0, 0.05) is 23.8 Å². The number of likely N-dealkylation sites (tertiary alicyclic amines) is 1. The van der Waals surface area contributed by atoms with Gasteiger partial charge in [-0.2, -0.15) is 0 Å². The zero-order valence-electron chi connectivity index (χ0n) is 10.2. The summed E-state index contributed by atoms with van der Waals surface area (Å²) in [6.45, 7) is 9.45. The Kier molecular flexibility index (Phi) is 4.63. The van der Waals surface area contributed by atoms with Gasteiger partial charge in [-0.3, -0.25) is 4.79 Å². The quantitative estimate of drug-likeness (QED) is 0.726. The second kappa shape index (κ2) is 5.33. The predicted molar refractivity (Wildman–Crippen MR) is 67.1 cm³/mol. The third-order valence-electron chi connectivity index (χ3n) is 3.71. The summed E-state index contributed by atoms with van der Waals surface area (Å²) in [7, 11) is 0. The summed E-state index contributed by atoms with van der Waals surface area (Å²) in [5.74, 6) is 1.55. The summed E-state index contributed by atoms with van der Waals surface area (Å²) >= 11 is 3.52. The van der Waals surface area contributed by atoms with Gasteiger partial charge in [0.2, 0.25) is 5.91 Å². The zero-order chi connectivity index (χ0) is 11.6. The van der Waals surface area contributed by atoms with Crippen LogP contribution in [0.3, 0.4) is 0 Å². The molecule has 0 N–H and O–H groups in total. The van der Waals surface area contributed by atoms with Crippen molar-refractivity contribution in [2.24, 2.45) is 17.8 Å². The number of hydrogen-bond donors (Lipinski definition) is 0. The van der Waals surface area contributed by atoms with Crippen LogP contribution in [0.15, 0.2) is 0 Å². The highest BCUT2D eigenvalue weighted by Gasteiger charge is 2.35. The van der Waals surface area contributed by atoms with Gasteiger partial charge in [0.1, 0.15) is 0 Å². The number of carbonyl (C=O) groups excluding carboxylic acids is 1. The highest BCUT2D eigenvalue weighted by molar-refractivity contribution is 9.09. The lowest BCUT2D eigenvalue weighted by Crippen LogP contribution is -2.42. The number of halogens is 1. The molecule has 0 bridgehead atoms. The lowest BCUT2D eigenvalue weighted by molar-refractivity contribution is -0.137. The second-order valence-corrected chi connectivity index (χ2v) is 5.70. The summed E-state index contributed by atoms with van der Waals surface area (Å²) in [6.07, 6.45) is 1.15. The number of hydrogen-bond acceptors (Lipinski definition) is 1. The molecule has 1 rings (SSSR count). The molecule has 0 aromatic rings. The number of rotatable bonds is 3.